The zero-order chi connectivity index (χ0) is 14.5. The third kappa shape index (κ3) is 3.92. The number of hydrogen-bond acceptors (Lipinski definition) is 3. The van der Waals surface area contributed by atoms with Crippen LogP contribution in [-0.2, 0) is 6.54 Å². The van der Waals surface area contributed by atoms with Crippen LogP contribution in [0.3, 0.4) is 0 Å². The van der Waals surface area contributed by atoms with Gasteiger partial charge in [0, 0.05) is 37.9 Å². The summed E-state index contributed by atoms with van der Waals surface area (Å²) in [7, 11) is 1.95. The van der Waals surface area contributed by atoms with E-state index in [0.717, 1.165) is 6.54 Å². The number of nitrogens with zero attached hydrogens (tertiary/aromatic N) is 2. The third-order valence-electron chi connectivity index (χ3n) is 4.02. The molecule has 0 atom stereocenters. The summed E-state index contributed by atoms with van der Waals surface area (Å²) >= 11 is 0. The van der Waals surface area contributed by atoms with Gasteiger partial charge in [-0.15, -0.1) is 0 Å². The highest BCUT2D eigenvalue weighted by Gasteiger charge is 2.20. The first kappa shape index (κ1) is 15.2. The summed E-state index contributed by atoms with van der Waals surface area (Å²) in [6, 6.07) is 2.11. The van der Waals surface area contributed by atoms with E-state index in [4.69, 9.17) is 0 Å². The molecule has 0 aliphatic heterocycles. The first-order valence-corrected chi connectivity index (χ1v) is 7.66. The van der Waals surface area contributed by atoms with Crippen LogP contribution in [0.25, 0.3) is 0 Å². The average Bonchev–Trinajstić information content (AvgIpc) is 2.90. The summed E-state index contributed by atoms with van der Waals surface area (Å²) in [6.07, 6.45) is 6.86. The van der Waals surface area contributed by atoms with Crippen LogP contribution in [-0.4, -0.2) is 24.6 Å². The summed E-state index contributed by atoms with van der Waals surface area (Å²) in [4.78, 5) is 6.21. The molecule has 2 rings (SSSR count). The molecule has 112 valence electrons. The molecule has 0 unspecified atom stereocenters. The van der Waals surface area contributed by atoms with Crippen molar-refractivity contribution >= 4 is 5.82 Å². The fourth-order valence-electron chi connectivity index (χ4n) is 2.85. The van der Waals surface area contributed by atoms with Gasteiger partial charge in [0.25, 0.3) is 0 Å². The third-order valence-corrected chi connectivity index (χ3v) is 4.02. The molecule has 1 N–H and O–H groups in total. The first-order chi connectivity index (χ1) is 9.58. The Morgan fingerprint density at radius 2 is 2.10 bits per heavy atom. The number of aromatic nitrogens is 1. The van der Waals surface area contributed by atoms with Crippen LogP contribution in [0.5, 0.6) is 0 Å². The summed E-state index contributed by atoms with van der Waals surface area (Å²) < 4.78 is 14.5. The number of hydrogen-bond donors (Lipinski definition) is 1. The molecule has 1 aromatic heterocycles. The van der Waals surface area contributed by atoms with Gasteiger partial charge in [-0.3, -0.25) is 0 Å². The summed E-state index contributed by atoms with van der Waals surface area (Å²) in [5, 5.41) is 3.26. The highest BCUT2D eigenvalue weighted by molar-refractivity contribution is 5.42. The number of anilines is 1. The van der Waals surface area contributed by atoms with Crippen LogP contribution in [0.15, 0.2) is 12.3 Å². The SMILES string of the molecule is CC(C)NCc1ccnc(N(C)CC2CCCC2)c1F. The van der Waals surface area contributed by atoms with Gasteiger partial charge in [0.05, 0.1) is 0 Å². The Hall–Kier alpha value is -1.16. The second-order valence-corrected chi connectivity index (χ2v) is 6.17. The van der Waals surface area contributed by atoms with Gasteiger partial charge < -0.3 is 10.2 Å². The molecule has 1 fully saturated rings. The molecule has 1 aromatic rings. The van der Waals surface area contributed by atoms with E-state index in [0.29, 0.717) is 29.9 Å². The van der Waals surface area contributed by atoms with E-state index in [9.17, 15) is 4.39 Å². The molecule has 0 aromatic carbocycles. The quantitative estimate of drug-likeness (QED) is 0.865. The predicted octanol–water partition coefficient (Wildman–Crippen LogP) is 3.35. The largest absolute Gasteiger partial charge is 0.357 e. The lowest BCUT2D eigenvalue weighted by Gasteiger charge is -2.23. The van der Waals surface area contributed by atoms with Crippen molar-refractivity contribution in [3.63, 3.8) is 0 Å². The second kappa shape index (κ2) is 7.02. The zero-order valence-corrected chi connectivity index (χ0v) is 12.8. The fraction of sp³-hybridized carbons (Fsp3) is 0.688. The highest BCUT2D eigenvalue weighted by Crippen LogP contribution is 2.27. The maximum absolute atomic E-state index is 14.5. The zero-order valence-electron chi connectivity index (χ0n) is 12.8. The van der Waals surface area contributed by atoms with Crippen LogP contribution in [0.4, 0.5) is 10.2 Å². The van der Waals surface area contributed by atoms with Crippen LogP contribution in [0.1, 0.15) is 45.1 Å². The van der Waals surface area contributed by atoms with Gasteiger partial charge in [-0.2, -0.15) is 0 Å². The molecule has 0 radical (unpaired) electrons. The van der Waals surface area contributed by atoms with E-state index in [1.54, 1.807) is 12.3 Å². The van der Waals surface area contributed by atoms with Crippen LogP contribution in [0, 0.1) is 11.7 Å². The number of rotatable bonds is 6. The van der Waals surface area contributed by atoms with Gasteiger partial charge in [-0.25, -0.2) is 9.37 Å². The molecular weight excluding hydrogens is 253 g/mol. The minimum Gasteiger partial charge on any atom is -0.357 e. The van der Waals surface area contributed by atoms with E-state index < -0.39 is 0 Å². The molecule has 1 saturated carbocycles. The number of halogens is 1. The van der Waals surface area contributed by atoms with Crippen molar-refractivity contribution < 1.29 is 4.39 Å². The molecule has 0 amide bonds. The molecule has 1 aliphatic rings. The molecule has 4 heteroatoms. The number of pyridine rings is 1. The van der Waals surface area contributed by atoms with Gasteiger partial charge in [-0.1, -0.05) is 26.7 Å². The lowest BCUT2D eigenvalue weighted by Crippen LogP contribution is -2.27. The van der Waals surface area contributed by atoms with Gasteiger partial charge in [0.15, 0.2) is 11.6 Å². The molecule has 1 heterocycles. The minimum absolute atomic E-state index is 0.179. The topological polar surface area (TPSA) is 28.2 Å². The molecule has 0 bridgehead atoms. The van der Waals surface area contributed by atoms with Gasteiger partial charge in [0.1, 0.15) is 0 Å². The molecule has 0 spiro atoms. The van der Waals surface area contributed by atoms with Crippen molar-refractivity contribution in [3.05, 3.63) is 23.6 Å². The summed E-state index contributed by atoms with van der Waals surface area (Å²) in [6.45, 7) is 5.58. The standard InChI is InChI=1S/C16H26FN3/c1-12(2)19-10-14-8-9-18-16(15(14)17)20(3)11-13-6-4-5-7-13/h8-9,12-13,19H,4-7,10-11H2,1-3H3. The maximum Gasteiger partial charge on any atom is 0.170 e. The summed E-state index contributed by atoms with van der Waals surface area (Å²) in [5.41, 5.74) is 0.696. The molecule has 3 nitrogen and oxygen atoms in total. The fourth-order valence-corrected chi connectivity index (χ4v) is 2.85. The van der Waals surface area contributed by atoms with Crippen molar-refractivity contribution in [1.82, 2.24) is 10.3 Å². The van der Waals surface area contributed by atoms with Crippen molar-refractivity contribution in [3.8, 4) is 0 Å². The number of nitrogens with one attached hydrogen (secondary N) is 1. The van der Waals surface area contributed by atoms with Crippen molar-refractivity contribution in [2.24, 2.45) is 5.92 Å². The monoisotopic (exact) mass is 279 g/mol. The maximum atomic E-state index is 14.5. The van der Waals surface area contributed by atoms with Crippen LogP contribution < -0.4 is 10.2 Å². The molecule has 0 saturated heterocycles. The highest BCUT2D eigenvalue weighted by atomic mass is 19.1. The Morgan fingerprint density at radius 1 is 1.40 bits per heavy atom. The smallest absolute Gasteiger partial charge is 0.170 e. The van der Waals surface area contributed by atoms with Gasteiger partial charge in [-0.05, 0) is 24.8 Å². The lowest BCUT2D eigenvalue weighted by atomic mass is 10.1. The minimum atomic E-state index is -0.179. The Morgan fingerprint density at radius 3 is 2.75 bits per heavy atom. The van der Waals surface area contributed by atoms with E-state index in [-0.39, 0.29) is 5.82 Å². The van der Waals surface area contributed by atoms with Crippen molar-refractivity contribution in [1.29, 1.82) is 0 Å². The first-order valence-electron chi connectivity index (χ1n) is 7.66. The van der Waals surface area contributed by atoms with E-state index in [2.05, 4.69) is 24.1 Å². The van der Waals surface area contributed by atoms with Crippen LogP contribution >= 0.6 is 0 Å². The molecule has 1 aliphatic carbocycles. The average molecular weight is 279 g/mol. The normalized spacial score (nSPS) is 16.1. The Kier molecular flexibility index (Phi) is 5.35. The van der Waals surface area contributed by atoms with E-state index in [1.165, 1.54) is 25.7 Å². The van der Waals surface area contributed by atoms with Crippen LogP contribution in [0.2, 0.25) is 0 Å². The van der Waals surface area contributed by atoms with E-state index >= 15 is 0 Å². The van der Waals surface area contributed by atoms with E-state index in [1.807, 2.05) is 11.9 Å². The second-order valence-electron chi connectivity index (χ2n) is 6.17. The molecule has 20 heavy (non-hydrogen) atoms. The Labute approximate surface area is 121 Å². The molecular formula is C16H26FN3. The van der Waals surface area contributed by atoms with Gasteiger partial charge >= 0.3 is 0 Å². The summed E-state index contributed by atoms with van der Waals surface area (Å²) in [5.74, 6) is 1.000. The Balaban J connectivity index is 2.04. The lowest BCUT2D eigenvalue weighted by molar-refractivity contribution is 0.525. The van der Waals surface area contributed by atoms with Crippen molar-refractivity contribution in [2.45, 2.75) is 52.1 Å². The van der Waals surface area contributed by atoms with Gasteiger partial charge in [0.2, 0.25) is 0 Å². The predicted molar refractivity (Wildman–Crippen MR) is 81.4 cm³/mol. The Bertz CT molecular complexity index is 428. The van der Waals surface area contributed by atoms with Crippen molar-refractivity contribution in [2.75, 3.05) is 18.5 Å².